The average molecular weight is 455 g/mol. The van der Waals surface area contributed by atoms with Crippen molar-refractivity contribution in [2.24, 2.45) is 11.8 Å². The number of hydrogen-bond donors (Lipinski definition) is 1. The molecule has 1 fully saturated rings. The maximum Gasteiger partial charge on any atom is 0.319 e. The highest BCUT2D eigenvalue weighted by Crippen LogP contribution is 2.64. The van der Waals surface area contributed by atoms with Crippen LogP contribution in [0, 0.1) is 11.8 Å². The Kier molecular flexibility index (Phi) is 4.18. The van der Waals surface area contributed by atoms with Crippen molar-refractivity contribution in [1.29, 1.82) is 0 Å². The summed E-state index contributed by atoms with van der Waals surface area (Å²) in [4.78, 5) is 42.4. The minimum absolute atomic E-state index is 0.249. The van der Waals surface area contributed by atoms with Crippen LogP contribution in [0.3, 0.4) is 0 Å². The fraction of sp³-hybridized carbons (Fsp3) is 0.222. The molecule has 1 unspecified atom stereocenters. The molecule has 0 saturated carbocycles. The van der Waals surface area contributed by atoms with E-state index in [1.807, 2.05) is 24.3 Å². The van der Waals surface area contributed by atoms with E-state index in [2.05, 4.69) is 0 Å². The number of ether oxygens (including phenoxy) is 2. The maximum atomic E-state index is 14.1. The largest absolute Gasteiger partial charge is 0.497 e. The van der Waals surface area contributed by atoms with Gasteiger partial charge in [-0.25, -0.2) is 4.90 Å². The van der Waals surface area contributed by atoms with Crippen LogP contribution in [0.2, 0.25) is 0 Å². The minimum atomic E-state index is -1.67. The van der Waals surface area contributed by atoms with Crippen molar-refractivity contribution in [3.63, 3.8) is 0 Å². The number of methoxy groups -OCH3 is 2. The molecule has 2 amide bonds. The molecule has 1 aliphatic heterocycles. The number of nitrogens with zero attached hydrogens (tertiary/aromatic N) is 1. The lowest BCUT2D eigenvalue weighted by Crippen LogP contribution is -2.57. The van der Waals surface area contributed by atoms with Crippen LogP contribution in [0.5, 0.6) is 11.5 Å². The number of carboxylic acid groups (broad SMARTS) is 1. The Morgan fingerprint density at radius 3 is 2.06 bits per heavy atom. The monoisotopic (exact) mass is 455 g/mol. The number of carboxylic acids is 1. The molecular formula is C27H21NO6. The highest BCUT2D eigenvalue weighted by Gasteiger charge is 2.71. The molecule has 0 aromatic heterocycles. The standard InChI is InChI=1S/C27H21NO6/c1-33-14-11-12-20(34-2)19(13-14)28-24(29)22-21-15-7-3-5-9-17(15)27(26(31)32,23(22)25(28)30)18-10-6-4-8-16(18)21/h3-13,21-23H,1-2H3,(H,31,32)/t21?,22-,23?,27?/m1/s1. The molecule has 7 nitrogen and oxygen atoms in total. The van der Waals surface area contributed by atoms with Crippen LogP contribution < -0.4 is 14.4 Å². The average Bonchev–Trinajstić information content (AvgIpc) is 3.13. The van der Waals surface area contributed by atoms with E-state index in [1.54, 1.807) is 42.5 Å². The number of hydrogen-bond acceptors (Lipinski definition) is 5. The van der Waals surface area contributed by atoms with E-state index in [0.717, 1.165) is 16.0 Å². The van der Waals surface area contributed by atoms with Crippen LogP contribution in [0.4, 0.5) is 5.69 Å². The van der Waals surface area contributed by atoms with Gasteiger partial charge < -0.3 is 14.6 Å². The van der Waals surface area contributed by atoms with Gasteiger partial charge in [0.2, 0.25) is 11.8 Å². The summed E-state index contributed by atoms with van der Waals surface area (Å²) in [5.41, 5.74) is 1.30. The van der Waals surface area contributed by atoms with Crippen LogP contribution in [-0.2, 0) is 19.8 Å². The molecule has 3 aromatic rings. The molecule has 1 saturated heterocycles. The number of rotatable bonds is 4. The summed E-state index contributed by atoms with van der Waals surface area (Å²) in [6, 6.07) is 19.4. The second-order valence-electron chi connectivity index (χ2n) is 8.82. The molecule has 4 aliphatic rings. The Bertz CT molecular complexity index is 1350. The summed E-state index contributed by atoms with van der Waals surface area (Å²) >= 11 is 0. The van der Waals surface area contributed by atoms with E-state index >= 15 is 0 Å². The molecule has 170 valence electrons. The predicted octanol–water partition coefficient (Wildman–Crippen LogP) is 3.34. The number of amides is 2. The molecule has 7 rings (SSSR count). The van der Waals surface area contributed by atoms with Gasteiger partial charge in [0.05, 0.1) is 31.7 Å². The minimum Gasteiger partial charge on any atom is -0.497 e. The fourth-order valence-corrected chi connectivity index (χ4v) is 6.34. The summed E-state index contributed by atoms with van der Waals surface area (Å²) < 4.78 is 10.8. The Labute approximate surface area is 195 Å². The SMILES string of the molecule is COc1ccc(OC)c(N2C(=O)C3[C@H](C2=O)C2c4ccccc4C3(C(=O)O)c3ccccc32)c1. The first-order valence-electron chi connectivity index (χ1n) is 11.0. The smallest absolute Gasteiger partial charge is 0.319 e. The molecule has 34 heavy (non-hydrogen) atoms. The molecule has 0 radical (unpaired) electrons. The highest BCUT2D eigenvalue weighted by molar-refractivity contribution is 6.25. The van der Waals surface area contributed by atoms with E-state index in [0.29, 0.717) is 22.6 Å². The number of anilines is 1. The predicted molar refractivity (Wildman–Crippen MR) is 122 cm³/mol. The molecule has 2 bridgehead atoms. The number of carbonyl (C=O) groups is 3. The number of carbonyl (C=O) groups excluding carboxylic acids is 2. The van der Waals surface area contributed by atoms with Crippen molar-refractivity contribution < 1.29 is 29.0 Å². The molecule has 1 N–H and O–H groups in total. The summed E-state index contributed by atoms with van der Waals surface area (Å²) in [5, 5.41) is 10.8. The van der Waals surface area contributed by atoms with Gasteiger partial charge in [-0.2, -0.15) is 0 Å². The molecule has 2 atom stereocenters. The van der Waals surface area contributed by atoms with Gasteiger partial charge in [0.1, 0.15) is 16.9 Å². The first-order chi connectivity index (χ1) is 16.5. The lowest BCUT2D eigenvalue weighted by Gasteiger charge is -2.51. The van der Waals surface area contributed by atoms with Gasteiger partial charge in [-0.3, -0.25) is 14.4 Å². The van der Waals surface area contributed by atoms with E-state index in [9.17, 15) is 19.5 Å². The Morgan fingerprint density at radius 1 is 0.882 bits per heavy atom. The quantitative estimate of drug-likeness (QED) is 0.607. The van der Waals surface area contributed by atoms with Crippen molar-refractivity contribution in [3.8, 4) is 11.5 Å². The van der Waals surface area contributed by atoms with Crippen molar-refractivity contribution >= 4 is 23.5 Å². The third-order valence-corrected chi connectivity index (χ3v) is 7.58. The van der Waals surface area contributed by atoms with Crippen molar-refractivity contribution in [1.82, 2.24) is 0 Å². The zero-order valence-electron chi connectivity index (χ0n) is 18.5. The first kappa shape index (κ1) is 20.5. The Morgan fingerprint density at radius 2 is 1.50 bits per heavy atom. The van der Waals surface area contributed by atoms with E-state index < -0.39 is 41.0 Å². The second kappa shape index (κ2) is 6.93. The third-order valence-electron chi connectivity index (χ3n) is 7.58. The van der Waals surface area contributed by atoms with Crippen LogP contribution in [0.25, 0.3) is 0 Å². The van der Waals surface area contributed by atoms with Crippen molar-refractivity contribution in [2.45, 2.75) is 11.3 Å². The van der Waals surface area contributed by atoms with Gasteiger partial charge in [-0.05, 0) is 34.4 Å². The van der Waals surface area contributed by atoms with Gasteiger partial charge in [-0.1, -0.05) is 48.5 Å². The number of imide groups is 1. The van der Waals surface area contributed by atoms with E-state index in [4.69, 9.17) is 9.47 Å². The second-order valence-corrected chi connectivity index (χ2v) is 8.82. The highest BCUT2D eigenvalue weighted by atomic mass is 16.5. The van der Waals surface area contributed by atoms with Gasteiger partial charge in [0.15, 0.2) is 0 Å². The zero-order chi connectivity index (χ0) is 23.8. The van der Waals surface area contributed by atoms with Crippen molar-refractivity contribution in [3.05, 3.63) is 89.0 Å². The Balaban J connectivity index is 1.65. The van der Waals surface area contributed by atoms with Crippen LogP contribution in [-0.4, -0.2) is 37.1 Å². The van der Waals surface area contributed by atoms with E-state index in [-0.39, 0.29) is 5.69 Å². The van der Waals surface area contributed by atoms with Crippen molar-refractivity contribution in [2.75, 3.05) is 19.1 Å². The van der Waals surface area contributed by atoms with Crippen LogP contribution in [0.15, 0.2) is 66.7 Å². The maximum absolute atomic E-state index is 14.1. The van der Waals surface area contributed by atoms with E-state index in [1.165, 1.54) is 14.2 Å². The molecular weight excluding hydrogens is 434 g/mol. The summed E-state index contributed by atoms with van der Waals surface area (Å²) in [7, 11) is 2.95. The summed E-state index contributed by atoms with van der Waals surface area (Å²) in [5.74, 6) is -3.67. The third kappa shape index (κ3) is 2.24. The lowest BCUT2D eigenvalue weighted by molar-refractivity contribution is -0.149. The number of aliphatic carboxylic acids is 1. The van der Waals surface area contributed by atoms with Gasteiger partial charge in [0.25, 0.3) is 0 Å². The Hall–Kier alpha value is -4.13. The summed E-state index contributed by atoms with van der Waals surface area (Å²) in [6.07, 6.45) is 0. The molecule has 0 spiro atoms. The van der Waals surface area contributed by atoms with Gasteiger partial charge in [0, 0.05) is 12.0 Å². The molecule has 3 aromatic carbocycles. The zero-order valence-corrected chi connectivity index (χ0v) is 18.5. The van der Waals surface area contributed by atoms with Gasteiger partial charge in [-0.15, -0.1) is 0 Å². The van der Waals surface area contributed by atoms with Gasteiger partial charge >= 0.3 is 5.97 Å². The van der Waals surface area contributed by atoms with Crippen LogP contribution in [0.1, 0.15) is 28.2 Å². The molecule has 1 heterocycles. The molecule has 3 aliphatic carbocycles. The topological polar surface area (TPSA) is 93.1 Å². The molecule has 7 heteroatoms. The summed E-state index contributed by atoms with van der Waals surface area (Å²) in [6.45, 7) is 0. The lowest BCUT2D eigenvalue weighted by atomic mass is 9.47. The van der Waals surface area contributed by atoms with Crippen LogP contribution >= 0.6 is 0 Å². The number of benzene rings is 3. The normalized spacial score (nSPS) is 26.1. The first-order valence-corrected chi connectivity index (χ1v) is 11.0. The fourth-order valence-electron chi connectivity index (χ4n) is 6.34.